The van der Waals surface area contributed by atoms with Gasteiger partial charge in [-0.15, -0.1) is 0 Å². The van der Waals surface area contributed by atoms with Gasteiger partial charge in [-0.2, -0.15) is 0 Å². The van der Waals surface area contributed by atoms with Crippen LogP contribution in [-0.4, -0.2) is 30.1 Å². The number of benzene rings is 2. The summed E-state index contributed by atoms with van der Waals surface area (Å²) in [6.45, 7) is 2.61. The summed E-state index contributed by atoms with van der Waals surface area (Å²) >= 11 is 6.40. The summed E-state index contributed by atoms with van der Waals surface area (Å²) in [6.07, 6.45) is 1.97. The molecule has 1 heterocycles. The topological polar surface area (TPSA) is 62.5 Å². The predicted molar refractivity (Wildman–Crippen MR) is 104 cm³/mol. The van der Waals surface area contributed by atoms with Gasteiger partial charge in [0.15, 0.2) is 0 Å². The number of aliphatic hydroxyl groups excluding tert-OH is 1. The van der Waals surface area contributed by atoms with Gasteiger partial charge in [0, 0.05) is 24.1 Å². The molecule has 5 heteroatoms. The van der Waals surface area contributed by atoms with Gasteiger partial charge in [0.1, 0.15) is 5.75 Å². The predicted octanol–water partition coefficient (Wildman–Crippen LogP) is 4.56. The molecule has 2 aromatic carbocycles. The molecule has 0 saturated carbocycles. The van der Waals surface area contributed by atoms with Crippen molar-refractivity contribution in [1.82, 2.24) is 0 Å². The first kappa shape index (κ1) is 18.9. The van der Waals surface area contributed by atoms with Gasteiger partial charge < -0.3 is 20.0 Å². The molecule has 1 saturated heterocycles. The Hall–Kier alpha value is -1.88. The summed E-state index contributed by atoms with van der Waals surface area (Å²) in [4.78, 5) is 0. The summed E-state index contributed by atoms with van der Waals surface area (Å²) in [5.41, 5.74) is 3.15. The molecule has 4 nitrogen and oxygen atoms in total. The SMILES string of the molecule is CCOc1ccc(Cc2cc(C3CC(O)CC(C=N)O3)ccc2Cl)cc1. The molecular weight excluding hydrogens is 350 g/mol. The van der Waals surface area contributed by atoms with E-state index in [-0.39, 0.29) is 12.2 Å². The van der Waals surface area contributed by atoms with Crippen molar-refractivity contribution in [3.05, 3.63) is 64.2 Å². The number of nitrogens with one attached hydrogen (secondary N) is 1. The van der Waals surface area contributed by atoms with Crippen LogP contribution in [0.1, 0.15) is 42.6 Å². The Morgan fingerprint density at radius 3 is 2.69 bits per heavy atom. The van der Waals surface area contributed by atoms with Crippen LogP contribution in [0.2, 0.25) is 5.02 Å². The van der Waals surface area contributed by atoms with Crippen LogP contribution in [0.4, 0.5) is 0 Å². The molecule has 3 rings (SSSR count). The minimum atomic E-state index is -0.453. The molecule has 0 radical (unpaired) electrons. The van der Waals surface area contributed by atoms with Crippen LogP contribution in [0.5, 0.6) is 5.75 Å². The molecule has 0 amide bonds. The highest BCUT2D eigenvalue weighted by molar-refractivity contribution is 6.31. The summed E-state index contributed by atoms with van der Waals surface area (Å²) in [6, 6.07) is 13.9. The second-order valence-corrected chi connectivity index (χ2v) is 6.97. The lowest BCUT2D eigenvalue weighted by molar-refractivity contribution is -0.0682. The largest absolute Gasteiger partial charge is 0.494 e. The quantitative estimate of drug-likeness (QED) is 0.729. The second-order valence-electron chi connectivity index (χ2n) is 6.56. The van der Waals surface area contributed by atoms with Gasteiger partial charge in [0.2, 0.25) is 0 Å². The number of hydrogen-bond acceptors (Lipinski definition) is 4. The Morgan fingerprint density at radius 2 is 2.00 bits per heavy atom. The summed E-state index contributed by atoms with van der Waals surface area (Å²) < 4.78 is 11.4. The molecule has 0 bridgehead atoms. The first-order chi connectivity index (χ1) is 12.6. The molecule has 0 aromatic heterocycles. The van der Waals surface area contributed by atoms with Gasteiger partial charge >= 0.3 is 0 Å². The third-order valence-corrected chi connectivity index (χ3v) is 4.95. The number of ether oxygens (including phenoxy) is 2. The molecule has 26 heavy (non-hydrogen) atoms. The van der Waals surface area contributed by atoms with Crippen LogP contribution in [0.25, 0.3) is 0 Å². The lowest BCUT2D eigenvalue weighted by Gasteiger charge is -2.31. The highest BCUT2D eigenvalue weighted by Crippen LogP contribution is 2.33. The molecule has 3 unspecified atom stereocenters. The normalized spacial score (nSPS) is 22.8. The Morgan fingerprint density at radius 1 is 1.23 bits per heavy atom. The van der Waals surface area contributed by atoms with E-state index in [1.807, 2.05) is 49.4 Å². The minimum absolute atomic E-state index is 0.221. The van der Waals surface area contributed by atoms with Gasteiger partial charge in [0.25, 0.3) is 0 Å². The van der Waals surface area contributed by atoms with E-state index in [0.717, 1.165) is 22.4 Å². The van der Waals surface area contributed by atoms with E-state index >= 15 is 0 Å². The number of aliphatic hydroxyl groups is 1. The van der Waals surface area contributed by atoms with Crippen molar-refractivity contribution >= 4 is 17.8 Å². The van der Waals surface area contributed by atoms with Crippen molar-refractivity contribution in [3.8, 4) is 5.75 Å². The molecule has 0 spiro atoms. The third kappa shape index (κ3) is 4.64. The van der Waals surface area contributed by atoms with Crippen molar-refractivity contribution < 1.29 is 14.6 Å². The average molecular weight is 374 g/mol. The van der Waals surface area contributed by atoms with Crippen LogP contribution in [0.15, 0.2) is 42.5 Å². The van der Waals surface area contributed by atoms with Crippen molar-refractivity contribution in [2.24, 2.45) is 0 Å². The van der Waals surface area contributed by atoms with Gasteiger partial charge in [-0.25, -0.2) is 0 Å². The number of rotatable bonds is 6. The molecule has 1 fully saturated rings. The van der Waals surface area contributed by atoms with Crippen molar-refractivity contribution in [2.45, 2.75) is 44.5 Å². The van der Waals surface area contributed by atoms with E-state index < -0.39 is 6.10 Å². The molecule has 1 aliphatic heterocycles. The van der Waals surface area contributed by atoms with E-state index in [0.29, 0.717) is 30.9 Å². The number of halogens is 1. The zero-order valence-electron chi connectivity index (χ0n) is 14.8. The monoisotopic (exact) mass is 373 g/mol. The zero-order chi connectivity index (χ0) is 18.5. The zero-order valence-corrected chi connectivity index (χ0v) is 15.6. The highest BCUT2D eigenvalue weighted by Gasteiger charge is 2.28. The van der Waals surface area contributed by atoms with Gasteiger partial charge in [-0.3, -0.25) is 0 Å². The summed E-state index contributed by atoms with van der Waals surface area (Å²) in [5, 5.41) is 18.2. The van der Waals surface area contributed by atoms with Crippen LogP contribution in [0, 0.1) is 5.41 Å². The van der Waals surface area contributed by atoms with Crippen molar-refractivity contribution in [3.63, 3.8) is 0 Å². The van der Waals surface area contributed by atoms with Gasteiger partial charge in [-0.1, -0.05) is 35.9 Å². The molecule has 0 aliphatic carbocycles. The average Bonchev–Trinajstić information content (AvgIpc) is 2.64. The fourth-order valence-electron chi connectivity index (χ4n) is 3.28. The lowest BCUT2D eigenvalue weighted by Crippen LogP contribution is -2.32. The molecule has 2 aromatic rings. The van der Waals surface area contributed by atoms with Crippen molar-refractivity contribution in [1.29, 1.82) is 5.41 Å². The Labute approximate surface area is 159 Å². The first-order valence-electron chi connectivity index (χ1n) is 8.93. The standard InChI is InChI=1S/C21H24ClNO3/c1-2-25-18-6-3-14(4-7-18)9-16-10-15(5-8-20(16)22)21-12-17(24)11-19(13-23)26-21/h3-8,10,13,17,19,21,23-24H,2,9,11-12H2,1H3. The van der Waals surface area contributed by atoms with E-state index in [2.05, 4.69) is 0 Å². The van der Waals surface area contributed by atoms with E-state index in [4.69, 9.17) is 26.5 Å². The maximum Gasteiger partial charge on any atom is 0.119 e. The third-order valence-electron chi connectivity index (χ3n) is 4.59. The maximum atomic E-state index is 10.0. The minimum Gasteiger partial charge on any atom is -0.494 e. The smallest absolute Gasteiger partial charge is 0.119 e. The fourth-order valence-corrected chi connectivity index (χ4v) is 3.46. The van der Waals surface area contributed by atoms with E-state index in [1.165, 1.54) is 6.21 Å². The first-order valence-corrected chi connectivity index (χ1v) is 9.31. The summed E-state index contributed by atoms with van der Waals surface area (Å²) in [5.74, 6) is 0.860. The number of hydrogen-bond donors (Lipinski definition) is 2. The van der Waals surface area contributed by atoms with Crippen LogP contribution >= 0.6 is 11.6 Å². The molecule has 1 aliphatic rings. The van der Waals surface area contributed by atoms with Crippen LogP contribution in [-0.2, 0) is 11.2 Å². The van der Waals surface area contributed by atoms with Gasteiger partial charge in [-0.05, 0) is 48.2 Å². The molecule has 3 atom stereocenters. The Balaban J connectivity index is 1.78. The maximum absolute atomic E-state index is 10.0. The highest BCUT2D eigenvalue weighted by atomic mass is 35.5. The van der Waals surface area contributed by atoms with Crippen LogP contribution in [0.3, 0.4) is 0 Å². The summed E-state index contributed by atoms with van der Waals surface area (Å²) in [7, 11) is 0. The molecular formula is C21H24ClNO3. The van der Waals surface area contributed by atoms with Gasteiger partial charge in [0.05, 0.1) is 24.9 Å². The molecule has 2 N–H and O–H groups in total. The Kier molecular flexibility index (Phi) is 6.30. The van der Waals surface area contributed by atoms with Crippen molar-refractivity contribution in [2.75, 3.05) is 6.61 Å². The van der Waals surface area contributed by atoms with Crippen LogP contribution < -0.4 is 4.74 Å². The molecule has 138 valence electrons. The lowest BCUT2D eigenvalue weighted by atomic mass is 9.94. The second kappa shape index (κ2) is 8.67. The Bertz CT molecular complexity index is 747. The van der Waals surface area contributed by atoms with E-state index in [1.54, 1.807) is 0 Å². The fraction of sp³-hybridized carbons (Fsp3) is 0.381. The van der Waals surface area contributed by atoms with E-state index in [9.17, 15) is 5.11 Å².